The minimum atomic E-state index is -1.92. The first kappa shape index (κ1) is 13.5. The predicted octanol–water partition coefficient (Wildman–Crippen LogP) is 4.91. The van der Waals surface area contributed by atoms with Gasteiger partial charge in [-0.3, -0.25) is 0 Å². The van der Waals surface area contributed by atoms with Gasteiger partial charge in [-0.15, -0.1) is 0 Å². The van der Waals surface area contributed by atoms with Gasteiger partial charge in [-0.05, 0) is 71.2 Å². The normalized spacial score (nSPS) is 26.0. The van der Waals surface area contributed by atoms with Crippen LogP contribution >= 0.6 is 0 Å². The molecule has 2 aromatic rings. The first-order valence-electron chi connectivity index (χ1n) is 7.77. The third-order valence-corrected chi connectivity index (χ3v) is 5.88. The van der Waals surface area contributed by atoms with E-state index in [2.05, 4.69) is 32.0 Å². The fraction of sp³-hybridized carbons (Fsp3) is 0.444. The maximum Gasteiger partial charge on any atom is 0.187 e. The smallest absolute Gasteiger partial charge is 0.187 e. The second-order valence-electron chi connectivity index (χ2n) is 6.74. The van der Waals surface area contributed by atoms with Crippen LogP contribution in [-0.2, 0) is 11.1 Å². The van der Waals surface area contributed by atoms with E-state index in [1.807, 2.05) is 6.07 Å². The van der Waals surface area contributed by atoms with Crippen molar-refractivity contribution in [3.63, 3.8) is 0 Å². The van der Waals surface area contributed by atoms with E-state index in [0.717, 1.165) is 11.8 Å². The van der Waals surface area contributed by atoms with Gasteiger partial charge in [-0.25, -0.2) is 4.21 Å². The van der Waals surface area contributed by atoms with Crippen LogP contribution < -0.4 is 0 Å². The van der Waals surface area contributed by atoms with Gasteiger partial charge in [-0.1, -0.05) is 26.0 Å². The Morgan fingerprint density at radius 3 is 2.52 bits per heavy atom. The van der Waals surface area contributed by atoms with Crippen LogP contribution in [0, 0.1) is 0 Å². The van der Waals surface area contributed by atoms with E-state index in [9.17, 15) is 8.76 Å². The Bertz CT molecular complexity index is 761. The fourth-order valence-corrected chi connectivity index (χ4v) is 4.59. The van der Waals surface area contributed by atoms with Crippen molar-refractivity contribution in [3.05, 3.63) is 41.0 Å². The van der Waals surface area contributed by atoms with Crippen molar-refractivity contribution < 1.29 is 8.76 Å². The van der Waals surface area contributed by atoms with Crippen LogP contribution in [0.15, 0.2) is 29.2 Å². The van der Waals surface area contributed by atoms with Crippen molar-refractivity contribution in [2.45, 2.75) is 55.8 Å². The molecule has 3 heteroatoms. The zero-order chi connectivity index (χ0) is 14.7. The molecule has 0 spiro atoms. The quantitative estimate of drug-likeness (QED) is 0.800. The molecule has 2 nitrogen and oxygen atoms in total. The highest BCUT2D eigenvalue weighted by atomic mass is 32.2. The molecule has 0 bridgehead atoms. The zero-order valence-electron chi connectivity index (χ0n) is 12.4. The van der Waals surface area contributed by atoms with Crippen molar-refractivity contribution in [2.75, 3.05) is 0 Å². The third-order valence-electron chi connectivity index (χ3n) is 5.16. The van der Waals surface area contributed by atoms with Gasteiger partial charge >= 0.3 is 0 Å². The van der Waals surface area contributed by atoms with Crippen LogP contribution in [0.3, 0.4) is 0 Å². The molecule has 1 saturated carbocycles. The molecule has 0 radical (unpaired) electrons. The van der Waals surface area contributed by atoms with Crippen molar-refractivity contribution in [2.24, 2.45) is 0 Å². The summed E-state index contributed by atoms with van der Waals surface area (Å²) in [6.45, 7) is 4.49. The maximum atomic E-state index is 11.8. The third kappa shape index (κ3) is 2.06. The van der Waals surface area contributed by atoms with E-state index < -0.39 is 11.1 Å². The van der Waals surface area contributed by atoms with Gasteiger partial charge in [0.05, 0.1) is 4.90 Å². The molecule has 21 heavy (non-hydrogen) atoms. The standard InChI is InChI=1S/C18H20O2S/c1-10-7-11(2)18-14-6-5-13(12-3-4-12)8-16(14)17(21(19)20)9-15(10)18/h5-6,8-12H,3-4,7H2,1-2H3,(H,19,20)/t10-,11-/m1/s1. The van der Waals surface area contributed by atoms with Crippen LogP contribution in [0.2, 0.25) is 0 Å². The number of fused-ring (bicyclic) bond motifs is 3. The molecule has 2 aliphatic rings. The second-order valence-corrected chi connectivity index (χ2v) is 7.68. The van der Waals surface area contributed by atoms with E-state index in [1.54, 1.807) is 0 Å². The lowest BCUT2D eigenvalue weighted by atomic mass is 9.93. The van der Waals surface area contributed by atoms with Crippen molar-refractivity contribution in [1.29, 1.82) is 0 Å². The Labute approximate surface area is 127 Å². The molecule has 110 valence electrons. The van der Waals surface area contributed by atoms with E-state index >= 15 is 0 Å². The Balaban J connectivity index is 2.05. The average molecular weight is 300 g/mol. The van der Waals surface area contributed by atoms with Crippen molar-refractivity contribution in [3.8, 4) is 0 Å². The minimum Gasteiger partial charge on any atom is -0.302 e. The monoisotopic (exact) mass is 300 g/mol. The molecule has 1 fully saturated rings. The van der Waals surface area contributed by atoms with Gasteiger partial charge in [0.2, 0.25) is 0 Å². The molecule has 0 aromatic heterocycles. The van der Waals surface area contributed by atoms with Crippen LogP contribution in [0.4, 0.5) is 0 Å². The molecular weight excluding hydrogens is 280 g/mol. The first-order chi connectivity index (χ1) is 10.1. The summed E-state index contributed by atoms with van der Waals surface area (Å²) >= 11 is -1.92. The second kappa shape index (κ2) is 4.65. The lowest BCUT2D eigenvalue weighted by Gasteiger charge is -2.14. The van der Waals surface area contributed by atoms with Crippen molar-refractivity contribution >= 4 is 21.9 Å². The van der Waals surface area contributed by atoms with E-state index in [4.69, 9.17) is 0 Å². The Morgan fingerprint density at radius 2 is 1.86 bits per heavy atom. The number of rotatable bonds is 2. The fourth-order valence-electron chi connectivity index (χ4n) is 4.00. The SMILES string of the molecule is C[C@@H]1C[C@@H](C)c2c1cc(S(=O)O)c1cc(C3CC3)ccc21. The number of hydrogen-bond donors (Lipinski definition) is 1. The zero-order valence-corrected chi connectivity index (χ0v) is 13.2. The van der Waals surface area contributed by atoms with Gasteiger partial charge in [0.25, 0.3) is 0 Å². The summed E-state index contributed by atoms with van der Waals surface area (Å²) in [5, 5.41) is 2.17. The summed E-state index contributed by atoms with van der Waals surface area (Å²) < 4.78 is 21.5. The summed E-state index contributed by atoms with van der Waals surface area (Å²) in [7, 11) is 0. The lowest BCUT2D eigenvalue weighted by molar-refractivity contribution is 0.565. The topological polar surface area (TPSA) is 37.3 Å². The molecule has 0 heterocycles. The summed E-state index contributed by atoms with van der Waals surface area (Å²) in [6, 6.07) is 8.55. The number of benzene rings is 2. The van der Waals surface area contributed by atoms with Gasteiger partial charge < -0.3 is 4.55 Å². The van der Waals surface area contributed by atoms with Crippen LogP contribution in [0.25, 0.3) is 10.8 Å². The average Bonchev–Trinajstić information content (AvgIpc) is 3.25. The summed E-state index contributed by atoms with van der Waals surface area (Å²) in [5.74, 6) is 1.68. The molecule has 0 amide bonds. The predicted molar refractivity (Wildman–Crippen MR) is 86.4 cm³/mol. The van der Waals surface area contributed by atoms with Gasteiger partial charge in [0.15, 0.2) is 11.1 Å². The highest BCUT2D eigenvalue weighted by Gasteiger charge is 2.30. The van der Waals surface area contributed by atoms with Gasteiger partial charge in [0, 0.05) is 5.39 Å². The molecule has 1 N–H and O–H groups in total. The van der Waals surface area contributed by atoms with Crippen molar-refractivity contribution in [1.82, 2.24) is 0 Å². The Hall–Kier alpha value is -1.19. The number of hydrogen-bond acceptors (Lipinski definition) is 1. The highest BCUT2D eigenvalue weighted by molar-refractivity contribution is 7.79. The van der Waals surface area contributed by atoms with E-state index in [-0.39, 0.29) is 0 Å². The van der Waals surface area contributed by atoms with Crippen LogP contribution in [0.1, 0.15) is 67.6 Å². The molecule has 3 atom stereocenters. The maximum absolute atomic E-state index is 11.8. The highest BCUT2D eigenvalue weighted by Crippen LogP contribution is 2.48. The van der Waals surface area contributed by atoms with Crippen LogP contribution in [-0.4, -0.2) is 8.76 Å². The molecule has 0 aliphatic heterocycles. The summed E-state index contributed by atoms with van der Waals surface area (Å²) in [6.07, 6.45) is 3.64. The lowest BCUT2D eigenvalue weighted by Crippen LogP contribution is -1.98. The minimum absolute atomic E-state index is 0.477. The van der Waals surface area contributed by atoms with E-state index in [1.165, 1.54) is 34.9 Å². The Kier molecular flexibility index (Phi) is 2.98. The van der Waals surface area contributed by atoms with Gasteiger partial charge in [-0.2, -0.15) is 0 Å². The van der Waals surface area contributed by atoms with Crippen LogP contribution in [0.5, 0.6) is 0 Å². The molecular formula is C18H20O2S. The summed E-state index contributed by atoms with van der Waals surface area (Å²) in [5.41, 5.74) is 3.99. The largest absolute Gasteiger partial charge is 0.302 e. The molecule has 0 saturated heterocycles. The van der Waals surface area contributed by atoms with Gasteiger partial charge in [0.1, 0.15) is 0 Å². The molecule has 2 aliphatic carbocycles. The molecule has 4 rings (SSSR count). The summed E-state index contributed by atoms with van der Waals surface area (Å²) in [4.78, 5) is 0.590. The molecule has 1 unspecified atom stereocenters. The van der Waals surface area contributed by atoms with E-state index in [0.29, 0.717) is 22.6 Å². The first-order valence-corrected chi connectivity index (χ1v) is 8.88. The molecule has 2 aromatic carbocycles. The Morgan fingerprint density at radius 1 is 1.10 bits per heavy atom.